The van der Waals surface area contributed by atoms with Crippen LogP contribution in [-0.2, 0) is 4.74 Å². The quantitative estimate of drug-likeness (QED) is 0.307. The van der Waals surface area contributed by atoms with E-state index in [1.807, 2.05) is 48.7 Å². The summed E-state index contributed by atoms with van der Waals surface area (Å²) in [6, 6.07) is 13.0. The Bertz CT molecular complexity index is 1450. The second kappa shape index (κ2) is 7.48. The molecule has 5 rings (SSSR count). The maximum absolute atomic E-state index is 13.0. The number of aromatic nitrogens is 3. The number of hydrogen-bond donors (Lipinski definition) is 1. The minimum atomic E-state index is -0.623. The van der Waals surface area contributed by atoms with Gasteiger partial charge in [-0.15, -0.1) is 11.3 Å². The third kappa shape index (κ3) is 3.30. The first-order valence-corrected chi connectivity index (χ1v) is 10.5. The normalized spacial score (nSPS) is 11.3. The number of rotatable bonds is 5. The SMILES string of the molecule is Cc1[nH]c2ccccc2c1C(=O)COC(=O)c1cc(-c2cccs2)nc2onc(C)c12. The van der Waals surface area contributed by atoms with Crippen LogP contribution in [0, 0.1) is 13.8 Å². The number of carbonyl (C=O) groups excluding carboxylic acids is 2. The highest BCUT2D eigenvalue weighted by Crippen LogP contribution is 2.30. The maximum Gasteiger partial charge on any atom is 0.339 e. The molecule has 0 aliphatic rings. The lowest BCUT2D eigenvalue weighted by atomic mass is 10.1. The molecule has 154 valence electrons. The fourth-order valence-electron chi connectivity index (χ4n) is 3.72. The van der Waals surface area contributed by atoms with Crippen molar-refractivity contribution in [1.82, 2.24) is 15.1 Å². The molecule has 0 unspecified atom stereocenters. The molecule has 4 aromatic heterocycles. The Morgan fingerprint density at radius 1 is 1.16 bits per heavy atom. The summed E-state index contributed by atoms with van der Waals surface area (Å²) in [7, 11) is 0. The van der Waals surface area contributed by atoms with E-state index in [2.05, 4.69) is 15.1 Å². The average Bonchev–Trinajstić information content (AvgIpc) is 3.50. The number of nitrogens with one attached hydrogen (secondary N) is 1. The van der Waals surface area contributed by atoms with Gasteiger partial charge in [0.05, 0.1) is 27.2 Å². The number of nitrogens with zero attached hydrogens (tertiary/aromatic N) is 2. The van der Waals surface area contributed by atoms with Crippen LogP contribution >= 0.6 is 11.3 Å². The molecule has 7 nitrogen and oxygen atoms in total. The lowest BCUT2D eigenvalue weighted by Crippen LogP contribution is -2.15. The number of pyridine rings is 1. The molecule has 4 heterocycles. The van der Waals surface area contributed by atoms with E-state index in [1.54, 1.807) is 13.0 Å². The number of para-hydroxylation sites is 1. The Morgan fingerprint density at radius 3 is 2.81 bits per heavy atom. The van der Waals surface area contributed by atoms with E-state index in [9.17, 15) is 9.59 Å². The fourth-order valence-corrected chi connectivity index (χ4v) is 4.41. The molecular weight excluding hydrogens is 414 g/mol. The second-order valence-corrected chi connectivity index (χ2v) is 8.10. The summed E-state index contributed by atoms with van der Waals surface area (Å²) in [5.74, 6) is -0.892. The lowest BCUT2D eigenvalue weighted by molar-refractivity contribution is 0.0477. The number of Topliss-reactive ketones (excluding diaryl/α,β-unsaturated/α-hetero) is 1. The number of fused-ring (bicyclic) bond motifs is 2. The number of esters is 1. The van der Waals surface area contributed by atoms with Gasteiger partial charge in [0.15, 0.2) is 6.61 Å². The molecule has 0 radical (unpaired) electrons. The Kier molecular flexibility index (Phi) is 4.63. The lowest BCUT2D eigenvalue weighted by Gasteiger charge is -2.07. The number of H-pyrrole nitrogens is 1. The molecular formula is C23H17N3O4S. The first kappa shape index (κ1) is 19.2. The van der Waals surface area contributed by atoms with Crippen LogP contribution in [0.3, 0.4) is 0 Å². The topological polar surface area (TPSA) is 98.1 Å². The summed E-state index contributed by atoms with van der Waals surface area (Å²) in [6.45, 7) is 3.19. The predicted molar refractivity (Wildman–Crippen MR) is 118 cm³/mol. The summed E-state index contributed by atoms with van der Waals surface area (Å²) in [5, 5.41) is 7.15. The molecule has 1 aromatic carbocycles. The number of ether oxygens (including phenoxy) is 1. The number of thiophene rings is 1. The fraction of sp³-hybridized carbons (Fsp3) is 0.130. The molecule has 0 aliphatic carbocycles. The first-order chi connectivity index (χ1) is 15.0. The zero-order chi connectivity index (χ0) is 21.5. The van der Waals surface area contributed by atoms with E-state index in [-0.39, 0.29) is 23.7 Å². The van der Waals surface area contributed by atoms with Crippen molar-refractivity contribution >= 4 is 45.1 Å². The van der Waals surface area contributed by atoms with E-state index in [0.29, 0.717) is 22.3 Å². The monoisotopic (exact) mass is 431 g/mol. The van der Waals surface area contributed by atoms with Gasteiger partial charge in [-0.2, -0.15) is 0 Å². The van der Waals surface area contributed by atoms with Crippen LogP contribution in [-0.4, -0.2) is 33.5 Å². The van der Waals surface area contributed by atoms with Crippen LogP contribution < -0.4 is 0 Å². The van der Waals surface area contributed by atoms with Crippen molar-refractivity contribution in [3.05, 3.63) is 70.4 Å². The van der Waals surface area contributed by atoms with Gasteiger partial charge in [-0.05, 0) is 37.4 Å². The van der Waals surface area contributed by atoms with Crippen LogP contribution in [0.2, 0.25) is 0 Å². The van der Waals surface area contributed by atoms with E-state index >= 15 is 0 Å². The minimum Gasteiger partial charge on any atom is -0.454 e. The number of benzene rings is 1. The Balaban J connectivity index is 1.46. The van der Waals surface area contributed by atoms with Crippen LogP contribution in [0.25, 0.3) is 32.6 Å². The van der Waals surface area contributed by atoms with Crippen molar-refractivity contribution in [3.8, 4) is 10.6 Å². The predicted octanol–water partition coefficient (Wildman–Crippen LogP) is 5.09. The molecule has 0 saturated heterocycles. The largest absolute Gasteiger partial charge is 0.454 e. The van der Waals surface area contributed by atoms with E-state index in [1.165, 1.54) is 11.3 Å². The number of ketones is 1. The molecule has 5 aromatic rings. The van der Waals surface area contributed by atoms with Crippen molar-refractivity contribution in [3.63, 3.8) is 0 Å². The molecule has 31 heavy (non-hydrogen) atoms. The summed E-state index contributed by atoms with van der Waals surface area (Å²) in [6.07, 6.45) is 0. The van der Waals surface area contributed by atoms with Gasteiger partial charge in [-0.3, -0.25) is 4.79 Å². The highest BCUT2D eigenvalue weighted by molar-refractivity contribution is 7.13. The van der Waals surface area contributed by atoms with Crippen molar-refractivity contribution in [2.24, 2.45) is 0 Å². The van der Waals surface area contributed by atoms with Gasteiger partial charge in [0.1, 0.15) is 0 Å². The van der Waals surface area contributed by atoms with Crippen molar-refractivity contribution in [2.75, 3.05) is 6.61 Å². The summed E-state index contributed by atoms with van der Waals surface area (Å²) in [4.78, 5) is 34.4. The maximum atomic E-state index is 13.0. The molecule has 1 N–H and O–H groups in total. The standard InChI is InChI=1S/C23H17N3O4S/c1-12-20(14-6-3-4-7-16(14)24-12)18(27)11-29-23(28)15-10-17(19-8-5-9-31-19)25-22-21(15)13(2)26-30-22/h3-10,24H,11H2,1-2H3. The highest BCUT2D eigenvalue weighted by atomic mass is 32.1. The van der Waals surface area contributed by atoms with Gasteiger partial charge in [0, 0.05) is 22.2 Å². The van der Waals surface area contributed by atoms with Crippen molar-refractivity contribution in [1.29, 1.82) is 0 Å². The van der Waals surface area contributed by atoms with Crippen LogP contribution in [0.1, 0.15) is 32.1 Å². The Morgan fingerprint density at radius 2 is 2.00 bits per heavy atom. The van der Waals surface area contributed by atoms with Gasteiger partial charge >= 0.3 is 5.97 Å². The molecule has 0 bridgehead atoms. The zero-order valence-corrected chi connectivity index (χ0v) is 17.6. The smallest absolute Gasteiger partial charge is 0.339 e. The van der Waals surface area contributed by atoms with Gasteiger partial charge in [-0.1, -0.05) is 29.4 Å². The highest BCUT2D eigenvalue weighted by Gasteiger charge is 2.23. The zero-order valence-electron chi connectivity index (χ0n) is 16.8. The third-order valence-electron chi connectivity index (χ3n) is 5.12. The van der Waals surface area contributed by atoms with Crippen LogP contribution in [0.4, 0.5) is 0 Å². The molecule has 0 aliphatic heterocycles. The van der Waals surface area contributed by atoms with E-state index < -0.39 is 5.97 Å². The van der Waals surface area contributed by atoms with Gasteiger partial charge in [0.25, 0.3) is 5.71 Å². The van der Waals surface area contributed by atoms with Gasteiger partial charge in [0.2, 0.25) is 5.78 Å². The Hall–Kier alpha value is -3.78. The Labute approximate surface area is 180 Å². The van der Waals surface area contributed by atoms with Crippen LogP contribution in [0.5, 0.6) is 0 Å². The number of aryl methyl sites for hydroxylation is 2. The number of hydrogen-bond acceptors (Lipinski definition) is 7. The second-order valence-electron chi connectivity index (χ2n) is 7.15. The molecule has 0 atom stereocenters. The first-order valence-electron chi connectivity index (χ1n) is 9.61. The minimum absolute atomic E-state index is 0.258. The van der Waals surface area contributed by atoms with Crippen LogP contribution in [0.15, 0.2) is 52.4 Å². The summed E-state index contributed by atoms with van der Waals surface area (Å²) < 4.78 is 10.7. The van der Waals surface area contributed by atoms with Gasteiger partial charge < -0.3 is 14.2 Å². The molecule has 0 saturated carbocycles. The molecule has 0 spiro atoms. The summed E-state index contributed by atoms with van der Waals surface area (Å²) in [5.41, 5.74) is 3.79. The van der Waals surface area contributed by atoms with Gasteiger partial charge in [-0.25, -0.2) is 9.78 Å². The molecule has 8 heteroatoms. The molecule has 0 fully saturated rings. The van der Waals surface area contributed by atoms with Crippen molar-refractivity contribution in [2.45, 2.75) is 13.8 Å². The average molecular weight is 431 g/mol. The third-order valence-corrected chi connectivity index (χ3v) is 6.01. The van der Waals surface area contributed by atoms with Crippen molar-refractivity contribution < 1.29 is 18.8 Å². The van der Waals surface area contributed by atoms with E-state index in [0.717, 1.165) is 21.5 Å². The molecule has 0 amide bonds. The number of carbonyl (C=O) groups is 2. The number of aromatic amines is 1. The van der Waals surface area contributed by atoms with E-state index in [4.69, 9.17) is 9.26 Å². The summed E-state index contributed by atoms with van der Waals surface area (Å²) >= 11 is 1.50.